The van der Waals surface area contributed by atoms with Crippen LogP contribution < -0.4 is 5.01 Å². The van der Waals surface area contributed by atoms with Gasteiger partial charge in [0, 0.05) is 0 Å². The molecule has 8 heteroatoms. The zero-order valence-electron chi connectivity index (χ0n) is 8.15. The number of hydrogen-bond donors (Lipinski definition) is 1. The van der Waals surface area contributed by atoms with Crippen molar-refractivity contribution < 1.29 is 22.7 Å². The Morgan fingerprint density at radius 3 is 2.29 bits per heavy atom. The smallest absolute Gasteiger partial charge is 0.363 e. The largest absolute Gasteiger partial charge is 0.441 e. The lowest BCUT2D eigenvalue weighted by Crippen LogP contribution is -2.22. The molecule has 2 rings (SSSR count). The number of rotatable bonds is 1. The van der Waals surface area contributed by atoms with Crippen molar-refractivity contribution in [2.24, 2.45) is 5.10 Å². The minimum absolute atomic E-state index is 0.186. The summed E-state index contributed by atoms with van der Waals surface area (Å²) in [5.74, 6) is -0.518. The first kappa shape index (κ1) is 12.2. The Bertz CT molecular complexity index is 445. The van der Waals surface area contributed by atoms with Gasteiger partial charge in [0.1, 0.15) is 5.82 Å². The third-order valence-corrected chi connectivity index (χ3v) is 2.91. The molecule has 1 unspecified atom stereocenters. The highest BCUT2D eigenvalue weighted by molar-refractivity contribution is 8.14. The van der Waals surface area contributed by atoms with Crippen LogP contribution in [-0.4, -0.2) is 21.9 Å². The molecule has 1 aromatic carbocycles. The molecule has 1 heterocycles. The van der Waals surface area contributed by atoms with Crippen molar-refractivity contribution in [2.45, 2.75) is 11.7 Å². The minimum atomic E-state index is -4.60. The van der Waals surface area contributed by atoms with E-state index in [1.165, 1.54) is 12.1 Å². The van der Waals surface area contributed by atoms with Gasteiger partial charge in [-0.2, -0.15) is 18.3 Å². The molecule has 0 fully saturated rings. The maximum absolute atomic E-state index is 12.6. The van der Waals surface area contributed by atoms with Gasteiger partial charge in [-0.3, -0.25) is 0 Å². The van der Waals surface area contributed by atoms with Crippen molar-refractivity contribution in [3.8, 4) is 0 Å². The van der Waals surface area contributed by atoms with Crippen molar-refractivity contribution in [1.29, 1.82) is 0 Å². The van der Waals surface area contributed by atoms with Crippen LogP contribution in [0.4, 0.5) is 23.2 Å². The molecule has 92 valence electrons. The third kappa shape index (κ3) is 2.52. The monoisotopic (exact) mass is 266 g/mol. The van der Waals surface area contributed by atoms with E-state index in [1.54, 1.807) is 0 Å². The van der Waals surface area contributed by atoms with Gasteiger partial charge >= 0.3 is 6.18 Å². The molecule has 0 radical (unpaired) electrons. The molecule has 0 saturated carbocycles. The molecule has 1 aliphatic rings. The first-order valence-corrected chi connectivity index (χ1v) is 5.31. The summed E-state index contributed by atoms with van der Waals surface area (Å²) in [7, 11) is 0. The number of anilines is 1. The van der Waals surface area contributed by atoms with E-state index in [0.717, 1.165) is 17.1 Å². The summed E-state index contributed by atoms with van der Waals surface area (Å²) in [5, 5.41) is 12.3. The average Bonchev–Trinajstić information content (AvgIpc) is 2.61. The van der Waals surface area contributed by atoms with Crippen LogP contribution in [0.25, 0.3) is 0 Å². The highest BCUT2D eigenvalue weighted by Crippen LogP contribution is 2.36. The van der Waals surface area contributed by atoms with Crippen molar-refractivity contribution in [3.63, 3.8) is 0 Å². The van der Waals surface area contributed by atoms with E-state index in [2.05, 4.69) is 5.10 Å². The van der Waals surface area contributed by atoms with Gasteiger partial charge in [0.25, 0.3) is 0 Å². The van der Waals surface area contributed by atoms with E-state index in [9.17, 15) is 22.7 Å². The van der Waals surface area contributed by atoms with Crippen LogP contribution in [0.15, 0.2) is 29.4 Å². The summed E-state index contributed by atoms with van der Waals surface area (Å²) in [5.41, 5.74) is -1.28. The van der Waals surface area contributed by atoms with E-state index in [4.69, 9.17) is 0 Å². The highest BCUT2D eigenvalue weighted by Gasteiger charge is 2.43. The van der Waals surface area contributed by atoms with E-state index >= 15 is 0 Å². The second-order valence-corrected chi connectivity index (χ2v) is 4.21. The van der Waals surface area contributed by atoms with E-state index in [0.29, 0.717) is 0 Å². The van der Waals surface area contributed by atoms with Gasteiger partial charge in [-0.15, -0.1) is 0 Å². The number of hydrazone groups is 1. The number of hydrogen-bond acceptors (Lipinski definition) is 4. The molecule has 3 nitrogen and oxygen atoms in total. The SMILES string of the molecule is OC1SC(C(F)(F)F)=NN1c1ccc(F)cc1. The topological polar surface area (TPSA) is 35.8 Å². The van der Waals surface area contributed by atoms with Gasteiger partial charge in [-0.1, -0.05) is 0 Å². The normalized spacial score (nSPS) is 20.6. The summed E-state index contributed by atoms with van der Waals surface area (Å²) in [4.78, 5) is 0. The van der Waals surface area contributed by atoms with Crippen LogP contribution in [0.5, 0.6) is 0 Å². The fourth-order valence-corrected chi connectivity index (χ4v) is 1.96. The molecular weight excluding hydrogens is 260 g/mol. The van der Waals surface area contributed by atoms with Crippen LogP contribution >= 0.6 is 11.8 Å². The van der Waals surface area contributed by atoms with Crippen LogP contribution in [0.3, 0.4) is 0 Å². The Morgan fingerprint density at radius 1 is 1.24 bits per heavy atom. The Hall–Kier alpha value is -1.28. The Kier molecular flexibility index (Phi) is 3.00. The maximum Gasteiger partial charge on any atom is 0.441 e. The Morgan fingerprint density at radius 2 is 1.82 bits per heavy atom. The van der Waals surface area contributed by atoms with Gasteiger partial charge in [0.15, 0.2) is 0 Å². The second-order valence-electron chi connectivity index (χ2n) is 3.17. The molecule has 0 spiro atoms. The van der Waals surface area contributed by atoms with Crippen molar-refractivity contribution in [1.82, 2.24) is 0 Å². The summed E-state index contributed by atoms with van der Waals surface area (Å²) in [6.07, 6.45) is -4.60. The lowest BCUT2D eigenvalue weighted by molar-refractivity contribution is -0.0554. The molecular formula is C9H6F4N2OS. The molecule has 0 amide bonds. The number of nitrogens with zero attached hydrogens (tertiary/aromatic N) is 2. The first-order chi connectivity index (χ1) is 7.88. The maximum atomic E-state index is 12.6. The lowest BCUT2D eigenvalue weighted by atomic mass is 10.3. The number of alkyl halides is 3. The Balaban J connectivity index is 2.28. The number of benzene rings is 1. The van der Waals surface area contributed by atoms with Crippen LogP contribution in [0, 0.1) is 5.82 Å². The van der Waals surface area contributed by atoms with Crippen LogP contribution in [0.2, 0.25) is 0 Å². The highest BCUT2D eigenvalue weighted by atomic mass is 32.2. The molecule has 0 bridgehead atoms. The quantitative estimate of drug-likeness (QED) is 0.793. The van der Waals surface area contributed by atoms with Gasteiger partial charge in [-0.25, -0.2) is 9.40 Å². The minimum Gasteiger partial charge on any atom is -0.363 e. The number of halogens is 4. The standard InChI is InChI=1S/C9H6F4N2OS/c10-5-1-3-6(4-2-5)15-8(16)17-7(14-15)9(11,12)13/h1-4,8,16H. The van der Waals surface area contributed by atoms with Gasteiger partial charge in [0.05, 0.1) is 5.69 Å². The first-order valence-electron chi connectivity index (χ1n) is 4.43. The van der Waals surface area contributed by atoms with Gasteiger partial charge in [0.2, 0.25) is 10.6 Å². The molecule has 0 aliphatic carbocycles. The van der Waals surface area contributed by atoms with Gasteiger partial charge < -0.3 is 5.11 Å². The summed E-state index contributed by atoms with van der Waals surface area (Å²) < 4.78 is 49.6. The van der Waals surface area contributed by atoms with Crippen molar-refractivity contribution in [3.05, 3.63) is 30.1 Å². The zero-order chi connectivity index (χ0) is 12.6. The predicted molar refractivity (Wildman–Crippen MR) is 56.0 cm³/mol. The molecule has 0 aromatic heterocycles. The third-order valence-electron chi connectivity index (χ3n) is 1.96. The van der Waals surface area contributed by atoms with Crippen LogP contribution in [-0.2, 0) is 0 Å². The van der Waals surface area contributed by atoms with Crippen molar-refractivity contribution >= 4 is 22.5 Å². The summed E-state index contributed by atoms with van der Waals surface area (Å²) in [6, 6.07) is 4.63. The second kappa shape index (κ2) is 4.19. The fourth-order valence-electron chi connectivity index (χ4n) is 1.22. The zero-order valence-corrected chi connectivity index (χ0v) is 8.96. The van der Waals surface area contributed by atoms with Crippen LogP contribution in [0.1, 0.15) is 0 Å². The van der Waals surface area contributed by atoms with Crippen molar-refractivity contribution in [2.75, 3.05) is 5.01 Å². The predicted octanol–water partition coefficient (Wildman–Crippen LogP) is 2.53. The van der Waals surface area contributed by atoms with Gasteiger partial charge in [-0.05, 0) is 36.0 Å². The molecule has 1 atom stereocenters. The van der Waals surface area contributed by atoms with E-state index < -0.39 is 22.6 Å². The van der Waals surface area contributed by atoms with E-state index in [1.807, 2.05) is 0 Å². The Labute approximate surface area is 97.7 Å². The molecule has 1 N–H and O–H groups in total. The number of aliphatic hydroxyl groups is 1. The summed E-state index contributed by atoms with van der Waals surface area (Å²) in [6.45, 7) is 0. The summed E-state index contributed by atoms with van der Waals surface area (Å²) >= 11 is 0.192. The fraction of sp³-hybridized carbons (Fsp3) is 0.222. The average molecular weight is 266 g/mol. The number of aliphatic hydroxyl groups excluding tert-OH is 1. The lowest BCUT2D eigenvalue weighted by Gasteiger charge is -2.17. The van der Waals surface area contributed by atoms with E-state index in [-0.39, 0.29) is 17.4 Å². The molecule has 17 heavy (non-hydrogen) atoms. The molecule has 1 aliphatic heterocycles. The number of thioether (sulfide) groups is 1. The molecule has 1 aromatic rings. The molecule has 0 saturated heterocycles.